The van der Waals surface area contributed by atoms with E-state index < -0.39 is 10.0 Å². The fraction of sp³-hybridized carbons (Fsp3) is 0.417. The minimum Gasteiger partial charge on any atom is -0.360 e. The van der Waals surface area contributed by atoms with E-state index in [-0.39, 0.29) is 4.90 Å². The molecule has 0 saturated heterocycles. The van der Waals surface area contributed by atoms with Gasteiger partial charge in [-0.1, -0.05) is 12.1 Å². The lowest BCUT2D eigenvalue weighted by atomic mass is 10.4. The number of halogens is 1. The number of aryl methyl sites for hydroxylation is 2. The summed E-state index contributed by atoms with van der Waals surface area (Å²) in [6, 6.07) is 3.83. The minimum absolute atomic E-state index is 0.176. The number of hydrogen-bond donors (Lipinski definition) is 0. The smallest absolute Gasteiger partial charge is 0.248 e. The van der Waals surface area contributed by atoms with Crippen LogP contribution in [0.5, 0.6) is 0 Å². The van der Waals surface area contributed by atoms with Gasteiger partial charge in [0, 0.05) is 18.0 Å². The van der Waals surface area contributed by atoms with E-state index in [0.717, 1.165) is 8.66 Å². The first-order valence-electron chi connectivity index (χ1n) is 6.03. The molecule has 2 aromatic heterocycles. The van der Waals surface area contributed by atoms with Gasteiger partial charge in [0.1, 0.15) is 10.6 Å². The molecule has 0 spiro atoms. The van der Waals surface area contributed by atoms with Crippen molar-refractivity contribution in [2.24, 2.45) is 0 Å². The molecule has 2 aromatic rings. The average Bonchev–Trinajstić information content (AvgIpc) is 2.92. The molecule has 0 saturated carbocycles. The highest BCUT2D eigenvalue weighted by Crippen LogP contribution is 2.27. The second-order valence-corrected chi connectivity index (χ2v) is 8.71. The van der Waals surface area contributed by atoms with Gasteiger partial charge in [-0.3, -0.25) is 0 Å². The maximum atomic E-state index is 12.7. The Morgan fingerprint density at radius 2 is 2.10 bits per heavy atom. The Morgan fingerprint density at radius 1 is 1.40 bits per heavy atom. The molecule has 0 bridgehead atoms. The summed E-state index contributed by atoms with van der Waals surface area (Å²) < 4.78 is 32.8. The van der Waals surface area contributed by atoms with Crippen LogP contribution in [0.2, 0.25) is 0 Å². The van der Waals surface area contributed by atoms with Gasteiger partial charge >= 0.3 is 0 Å². The molecule has 0 aromatic carbocycles. The zero-order chi connectivity index (χ0) is 14.9. The zero-order valence-corrected chi connectivity index (χ0v) is 14.6. The summed E-state index contributed by atoms with van der Waals surface area (Å²) in [7, 11) is -3.59. The summed E-state index contributed by atoms with van der Waals surface area (Å²) in [5.74, 6) is 0.327. The van der Waals surface area contributed by atoms with E-state index in [1.54, 1.807) is 13.8 Å². The van der Waals surface area contributed by atoms with Crippen LogP contribution in [0, 0.1) is 13.8 Å². The van der Waals surface area contributed by atoms with Gasteiger partial charge in [0.2, 0.25) is 10.0 Å². The molecule has 0 aliphatic rings. The van der Waals surface area contributed by atoms with Gasteiger partial charge in [0.05, 0.1) is 3.79 Å². The molecular weight excluding hydrogens is 364 g/mol. The van der Waals surface area contributed by atoms with Crippen LogP contribution in [0.4, 0.5) is 0 Å². The van der Waals surface area contributed by atoms with E-state index in [9.17, 15) is 8.42 Å². The number of nitrogens with zero attached hydrogens (tertiary/aromatic N) is 2. The normalized spacial score (nSPS) is 12.2. The maximum Gasteiger partial charge on any atom is 0.248 e. The molecule has 20 heavy (non-hydrogen) atoms. The van der Waals surface area contributed by atoms with Gasteiger partial charge in [-0.2, -0.15) is 4.31 Å². The van der Waals surface area contributed by atoms with Crippen LogP contribution in [0.15, 0.2) is 25.3 Å². The highest BCUT2D eigenvalue weighted by molar-refractivity contribution is 9.11. The molecule has 0 unspecified atom stereocenters. The fourth-order valence-electron chi connectivity index (χ4n) is 1.95. The van der Waals surface area contributed by atoms with Gasteiger partial charge in [-0.15, -0.1) is 11.3 Å². The van der Waals surface area contributed by atoms with E-state index in [1.807, 2.05) is 19.1 Å². The zero-order valence-electron chi connectivity index (χ0n) is 11.4. The topological polar surface area (TPSA) is 63.4 Å². The van der Waals surface area contributed by atoms with Crippen molar-refractivity contribution in [1.29, 1.82) is 0 Å². The average molecular weight is 379 g/mol. The molecule has 110 valence electrons. The first kappa shape index (κ1) is 15.7. The van der Waals surface area contributed by atoms with Crippen LogP contribution in [0.25, 0.3) is 0 Å². The molecule has 2 rings (SSSR count). The summed E-state index contributed by atoms with van der Waals surface area (Å²) in [5, 5.41) is 3.72. The maximum absolute atomic E-state index is 12.7. The molecule has 5 nitrogen and oxygen atoms in total. The number of rotatable bonds is 5. The third kappa shape index (κ3) is 2.98. The van der Waals surface area contributed by atoms with E-state index in [4.69, 9.17) is 4.52 Å². The van der Waals surface area contributed by atoms with E-state index in [0.29, 0.717) is 24.5 Å². The predicted molar refractivity (Wildman–Crippen MR) is 81.3 cm³/mol. The Kier molecular flexibility index (Phi) is 4.68. The SMILES string of the molecule is CCN(Cc1ccc(Br)s1)S(=O)(=O)c1c(C)noc1C. The van der Waals surface area contributed by atoms with Crippen LogP contribution in [-0.4, -0.2) is 24.4 Å². The van der Waals surface area contributed by atoms with E-state index in [2.05, 4.69) is 21.1 Å². The molecule has 0 aliphatic heterocycles. The number of aromatic nitrogens is 1. The number of thiophene rings is 1. The van der Waals surface area contributed by atoms with Crippen molar-refractivity contribution in [3.8, 4) is 0 Å². The van der Waals surface area contributed by atoms with Crippen molar-refractivity contribution in [1.82, 2.24) is 9.46 Å². The van der Waals surface area contributed by atoms with Crippen molar-refractivity contribution in [2.75, 3.05) is 6.54 Å². The molecule has 0 radical (unpaired) electrons. The van der Waals surface area contributed by atoms with Gasteiger partial charge in [0.15, 0.2) is 5.76 Å². The quantitative estimate of drug-likeness (QED) is 0.800. The van der Waals surface area contributed by atoms with Crippen LogP contribution < -0.4 is 0 Å². The van der Waals surface area contributed by atoms with Gasteiger partial charge in [-0.25, -0.2) is 8.42 Å². The lowest BCUT2D eigenvalue weighted by Gasteiger charge is -2.19. The van der Waals surface area contributed by atoms with E-state index in [1.165, 1.54) is 15.6 Å². The largest absolute Gasteiger partial charge is 0.360 e. The number of hydrogen-bond acceptors (Lipinski definition) is 5. The highest BCUT2D eigenvalue weighted by atomic mass is 79.9. The van der Waals surface area contributed by atoms with Crippen molar-refractivity contribution >= 4 is 37.3 Å². The molecular formula is C12H15BrN2O3S2. The fourth-order valence-corrected chi connectivity index (χ4v) is 5.25. The van der Waals surface area contributed by atoms with Crippen molar-refractivity contribution in [3.63, 3.8) is 0 Å². The van der Waals surface area contributed by atoms with Gasteiger partial charge in [0.25, 0.3) is 0 Å². The first-order valence-corrected chi connectivity index (χ1v) is 9.08. The van der Waals surface area contributed by atoms with Gasteiger partial charge < -0.3 is 4.52 Å². The Balaban J connectivity index is 2.35. The Bertz CT molecular complexity index is 687. The second kappa shape index (κ2) is 5.97. The van der Waals surface area contributed by atoms with Crippen molar-refractivity contribution in [3.05, 3.63) is 32.3 Å². The van der Waals surface area contributed by atoms with Crippen molar-refractivity contribution in [2.45, 2.75) is 32.2 Å². The molecule has 0 N–H and O–H groups in total. The molecule has 8 heteroatoms. The molecule has 0 atom stereocenters. The standard InChI is InChI=1S/C12H15BrN2O3S2/c1-4-15(7-10-5-6-11(13)19-10)20(16,17)12-8(2)14-18-9(12)3/h5-6H,4,7H2,1-3H3. The van der Waals surface area contributed by atoms with Crippen LogP contribution >= 0.6 is 27.3 Å². The Hall–Kier alpha value is -0.700. The minimum atomic E-state index is -3.59. The highest BCUT2D eigenvalue weighted by Gasteiger charge is 2.30. The summed E-state index contributed by atoms with van der Waals surface area (Å²) in [6.45, 7) is 5.81. The van der Waals surface area contributed by atoms with Crippen molar-refractivity contribution < 1.29 is 12.9 Å². The lowest BCUT2D eigenvalue weighted by molar-refractivity contribution is 0.388. The predicted octanol–water partition coefficient (Wildman–Crippen LogP) is 3.33. The third-order valence-corrected chi connectivity index (χ3v) is 6.65. The molecule has 0 amide bonds. The Morgan fingerprint density at radius 3 is 2.55 bits per heavy atom. The van der Waals surface area contributed by atoms with Crippen LogP contribution in [0.3, 0.4) is 0 Å². The first-order chi connectivity index (χ1) is 9.36. The summed E-state index contributed by atoms with van der Waals surface area (Å²) >= 11 is 4.91. The molecule has 0 fully saturated rings. The number of sulfonamides is 1. The summed E-state index contributed by atoms with van der Waals surface area (Å²) in [5.41, 5.74) is 0.397. The Labute approximate surface area is 130 Å². The molecule has 2 heterocycles. The van der Waals surface area contributed by atoms with Crippen LogP contribution in [0.1, 0.15) is 23.3 Å². The monoisotopic (exact) mass is 378 g/mol. The third-order valence-electron chi connectivity index (χ3n) is 2.88. The van der Waals surface area contributed by atoms with Gasteiger partial charge in [-0.05, 0) is 41.9 Å². The summed E-state index contributed by atoms with van der Waals surface area (Å²) in [4.78, 5) is 1.16. The van der Waals surface area contributed by atoms with Crippen LogP contribution in [-0.2, 0) is 16.6 Å². The molecule has 0 aliphatic carbocycles. The lowest BCUT2D eigenvalue weighted by Crippen LogP contribution is -2.30. The van der Waals surface area contributed by atoms with E-state index >= 15 is 0 Å². The second-order valence-electron chi connectivity index (χ2n) is 4.29. The summed E-state index contributed by atoms with van der Waals surface area (Å²) in [6.07, 6.45) is 0.